The van der Waals surface area contributed by atoms with Crippen molar-refractivity contribution in [3.05, 3.63) is 35.9 Å². The highest BCUT2D eigenvalue weighted by Crippen LogP contribution is 2.26. The number of hydrogen-bond acceptors (Lipinski definition) is 2. The van der Waals surface area contributed by atoms with Crippen LogP contribution >= 0.6 is 0 Å². The van der Waals surface area contributed by atoms with Crippen LogP contribution in [-0.2, 0) is 10.3 Å². The van der Waals surface area contributed by atoms with Crippen LogP contribution in [0.15, 0.2) is 30.3 Å². The Morgan fingerprint density at radius 3 is 2.31 bits per heavy atom. The summed E-state index contributed by atoms with van der Waals surface area (Å²) in [5.74, 6) is -0.824. The van der Waals surface area contributed by atoms with E-state index in [9.17, 15) is 9.90 Å². The Morgan fingerprint density at radius 1 is 1.38 bits per heavy atom. The number of carboxylic acid groups (broad SMARTS) is 1. The first-order valence-corrected chi connectivity index (χ1v) is 5.59. The number of nitrogens with one attached hydrogen (secondary N) is 1. The van der Waals surface area contributed by atoms with Crippen molar-refractivity contribution in [3.8, 4) is 0 Å². The third kappa shape index (κ3) is 2.42. The SMILES string of the molecule is CC[C@](NC(C)C)(C(=O)O)c1ccccc1. The molecule has 1 atom stereocenters. The molecule has 1 aromatic rings. The van der Waals surface area contributed by atoms with E-state index >= 15 is 0 Å². The van der Waals surface area contributed by atoms with Crippen LogP contribution in [0.3, 0.4) is 0 Å². The van der Waals surface area contributed by atoms with Crippen molar-refractivity contribution in [2.24, 2.45) is 0 Å². The predicted molar refractivity (Wildman–Crippen MR) is 64.3 cm³/mol. The van der Waals surface area contributed by atoms with Gasteiger partial charge in [-0.05, 0) is 25.8 Å². The summed E-state index contributed by atoms with van der Waals surface area (Å²) >= 11 is 0. The molecule has 2 N–H and O–H groups in total. The van der Waals surface area contributed by atoms with E-state index in [2.05, 4.69) is 5.32 Å². The lowest BCUT2D eigenvalue weighted by Crippen LogP contribution is -2.51. The fourth-order valence-corrected chi connectivity index (χ4v) is 1.94. The van der Waals surface area contributed by atoms with E-state index in [0.29, 0.717) is 6.42 Å². The maximum Gasteiger partial charge on any atom is 0.328 e. The topological polar surface area (TPSA) is 49.3 Å². The van der Waals surface area contributed by atoms with Crippen LogP contribution in [0.25, 0.3) is 0 Å². The maximum atomic E-state index is 11.5. The Kier molecular flexibility index (Phi) is 4.07. The van der Waals surface area contributed by atoms with Gasteiger partial charge in [0.25, 0.3) is 0 Å². The Labute approximate surface area is 96.5 Å². The van der Waals surface area contributed by atoms with Gasteiger partial charge in [-0.15, -0.1) is 0 Å². The molecule has 0 fully saturated rings. The third-order valence-electron chi connectivity index (χ3n) is 2.70. The lowest BCUT2D eigenvalue weighted by molar-refractivity contribution is -0.146. The third-order valence-corrected chi connectivity index (χ3v) is 2.70. The molecule has 0 radical (unpaired) electrons. The highest BCUT2D eigenvalue weighted by atomic mass is 16.4. The van der Waals surface area contributed by atoms with Crippen LogP contribution in [0.2, 0.25) is 0 Å². The Hall–Kier alpha value is -1.35. The van der Waals surface area contributed by atoms with Gasteiger partial charge in [-0.3, -0.25) is 5.32 Å². The van der Waals surface area contributed by atoms with Crippen molar-refractivity contribution in [2.75, 3.05) is 0 Å². The molecule has 0 saturated carbocycles. The first kappa shape index (κ1) is 12.7. The molecule has 0 aromatic heterocycles. The van der Waals surface area contributed by atoms with Gasteiger partial charge >= 0.3 is 5.97 Å². The van der Waals surface area contributed by atoms with Gasteiger partial charge in [-0.2, -0.15) is 0 Å². The smallest absolute Gasteiger partial charge is 0.328 e. The van der Waals surface area contributed by atoms with E-state index in [-0.39, 0.29) is 6.04 Å². The molecule has 0 heterocycles. The molecular formula is C13H19NO2. The van der Waals surface area contributed by atoms with Crippen LogP contribution in [0.5, 0.6) is 0 Å². The van der Waals surface area contributed by atoms with E-state index in [1.807, 2.05) is 51.1 Å². The normalized spacial score (nSPS) is 14.8. The lowest BCUT2D eigenvalue weighted by atomic mass is 9.86. The average Bonchev–Trinajstić information content (AvgIpc) is 2.26. The molecular weight excluding hydrogens is 202 g/mol. The highest BCUT2D eigenvalue weighted by Gasteiger charge is 2.38. The highest BCUT2D eigenvalue weighted by molar-refractivity contribution is 5.80. The van der Waals surface area contributed by atoms with Crippen LogP contribution in [-0.4, -0.2) is 17.1 Å². The molecule has 3 nitrogen and oxygen atoms in total. The summed E-state index contributed by atoms with van der Waals surface area (Å²) in [7, 11) is 0. The van der Waals surface area contributed by atoms with Gasteiger partial charge in [0.2, 0.25) is 0 Å². The number of aliphatic carboxylic acids is 1. The lowest BCUT2D eigenvalue weighted by Gasteiger charge is -2.32. The van der Waals surface area contributed by atoms with Gasteiger partial charge in [0, 0.05) is 6.04 Å². The zero-order chi connectivity index (χ0) is 12.2. The second-order valence-electron chi connectivity index (χ2n) is 4.23. The Morgan fingerprint density at radius 2 is 1.94 bits per heavy atom. The van der Waals surface area contributed by atoms with Crippen molar-refractivity contribution in [1.29, 1.82) is 0 Å². The predicted octanol–water partition coefficient (Wildman–Crippen LogP) is 2.37. The largest absolute Gasteiger partial charge is 0.480 e. The van der Waals surface area contributed by atoms with E-state index in [1.54, 1.807) is 0 Å². The minimum atomic E-state index is -0.977. The van der Waals surface area contributed by atoms with Gasteiger partial charge in [0.1, 0.15) is 5.54 Å². The zero-order valence-corrected chi connectivity index (χ0v) is 10.0. The molecule has 16 heavy (non-hydrogen) atoms. The summed E-state index contributed by atoms with van der Waals surface area (Å²) in [6.07, 6.45) is 0.518. The number of carboxylic acids is 1. The van der Waals surface area contributed by atoms with Crippen molar-refractivity contribution < 1.29 is 9.90 Å². The van der Waals surface area contributed by atoms with Gasteiger partial charge in [0.15, 0.2) is 0 Å². The fraction of sp³-hybridized carbons (Fsp3) is 0.462. The van der Waals surface area contributed by atoms with Crippen molar-refractivity contribution in [2.45, 2.75) is 38.8 Å². The van der Waals surface area contributed by atoms with E-state index < -0.39 is 11.5 Å². The average molecular weight is 221 g/mol. The maximum absolute atomic E-state index is 11.5. The molecule has 88 valence electrons. The van der Waals surface area contributed by atoms with Gasteiger partial charge in [-0.25, -0.2) is 4.79 Å². The molecule has 0 aliphatic rings. The summed E-state index contributed by atoms with van der Waals surface area (Å²) in [6.45, 7) is 5.79. The minimum absolute atomic E-state index is 0.122. The van der Waals surface area contributed by atoms with Crippen LogP contribution in [0, 0.1) is 0 Å². The zero-order valence-electron chi connectivity index (χ0n) is 10.0. The molecule has 0 saturated heterocycles. The van der Waals surface area contributed by atoms with Crippen molar-refractivity contribution in [1.82, 2.24) is 5.32 Å². The fourth-order valence-electron chi connectivity index (χ4n) is 1.94. The molecule has 0 spiro atoms. The minimum Gasteiger partial charge on any atom is -0.480 e. The van der Waals surface area contributed by atoms with Crippen LogP contribution < -0.4 is 5.32 Å². The standard InChI is InChI=1S/C13H19NO2/c1-4-13(12(15)16,14-10(2)3)11-8-6-5-7-9-11/h5-10,14H,4H2,1-3H3,(H,15,16)/t13-/m1/s1. The molecule has 0 bridgehead atoms. The molecule has 1 aromatic carbocycles. The molecule has 0 unspecified atom stereocenters. The number of rotatable bonds is 5. The second kappa shape index (κ2) is 5.12. The monoisotopic (exact) mass is 221 g/mol. The number of benzene rings is 1. The first-order valence-electron chi connectivity index (χ1n) is 5.59. The summed E-state index contributed by atoms with van der Waals surface area (Å²) < 4.78 is 0. The van der Waals surface area contributed by atoms with Gasteiger partial charge in [-0.1, -0.05) is 37.3 Å². The quantitative estimate of drug-likeness (QED) is 0.802. The first-order chi connectivity index (χ1) is 7.53. The van der Waals surface area contributed by atoms with Crippen LogP contribution in [0.1, 0.15) is 32.8 Å². The van der Waals surface area contributed by atoms with Crippen LogP contribution in [0.4, 0.5) is 0 Å². The summed E-state index contributed by atoms with van der Waals surface area (Å²) in [6, 6.07) is 9.45. The molecule has 0 aliphatic heterocycles. The summed E-state index contributed by atoms with van der Waals surface area (Å²) in [4.78, 5) is 11.5. The van der Waals surface area contributed by atoms with Crippen molar-refractivity contribution in [3.63, 3.8) is 0 Å². The second-order valence-corrected chi connectivity index (χ2v) is 4.23. The molecule has 0 aliphatic carbocycles. The number of hydrogen-bond donors (Lipinski definition) is 2. The van der Waals surface area contributed by atoms with E-state index in [0.717, 1.165) is 5.56 Å². The van der Waals surface area contributed by atoms with Gasteiger partial charge < -0.3 is 5.11 Å². The molecule has 0 amide bonds. The Balaban J connectivity index is 3.18. The van der Waals surface area contributed by atoms with Gasteiger partial charge in [0.05, 0.1) is 0 Å². The summed E-state index contributed by atoms with van der Waals surface area (Å²) in [5, 5.41) is 12.6. The number of carbonyl (C=O) groups is 1. The van der Waals surface area contributed by atoms with Crippen molar-refractivity contribution >= 4 is 5.97 Å². The summed E-state index contributed by atoms with van der Waals surface area (Å²) in [5.41, 5.74) is -0.172. The van der Waals surface area contributed by atoms with E-state index in [1.165, 1.54) is 0 Å². The van der Waals surface area contributed by atoms with E-state index in [4.69, 9.17) is 0 Å². The molecule has 1 rings (SSSR count). The molecule has 3 heteroatoms. The Bertz CT molecular complexity index is 348.